The molecule has 124 valence electrons. The topological polar surface area (TPSA) is 64.0 Å². The van der Waals surface area contributed by atoms with Gasteiger partial charge in [-0.2, -0.15) is 0 Å². The molecule has 0 radical (unpaired) electrons. The lowest BCUT2D eigenvalue weighted by atomic mass is 9.87. The summed E-state index contributed by atoms with van der Waals surface area (Å²) in [5, 5.41) is 5.18. The van der Waals surface area contributed by atoms with Crippen molar-refractivity contribution in [3.8, 4) is 0 Å². The fraction of sp³-hybridized carbons (Fsp3) is 0.278. The van der Waals surface area contributed by atoms with E-state index in [0.29, 0.717) is 15.9 Å². The fourth-order valence-electron chi connectivity index (χ4n) is 2.41. The van der Waals surface area contributed by atoms with Gasteiger partial charge in [0.25, 0.3) is 5.56 Å². The third-order valence-corrected chi connectivity index (χ3v) is 4.62. The van der Waals surface area contributed by atoms with Crippen LogP contribution in [0.15, 0.2) is 46.8 Å². The Morgan fingerprint density at radius 1 is 1.21 bits per heavy atom. The van der Waals surface area contributed by atoms with E-state index in [9.17, 15) is 9.59 Å². The van der Waals surface area contributed by atoms with Crippen molar-refractivity contribution in [3.05, 3.63) is 58.0 Å². The number of nitrogens with zero attached hydrogens (tertiary/aromatic N) is 2. The van der Waals surface area contributed by atoms with Gasteiger partial charge < -0.3 is 5.32 Å². The third kappa shape index (κ3) is 3.38. The number of amides is 1. The summed E-state index contributed by atoms with van der Waals surface area (Å²) >= 11 is 1.41. The maximum Gasteiger partial charge on any atom is 0.262 e. The van der Waals surface area contributed by atoms with Gasteiger partial charge in [0.15, 0.2) is 0 Å². The van der Waals surface area contributed by atoms with Crippen LogP contribution in [0.4, 0.5) is 5.69 Å². The van der Waals surface area contributed by atoms with E-state index in [4.69, 9.17) is 0 Å². The number of rotatable bonds is 3. The minimum atomic E-state index is -0.253. The molecular weight excluding hydrogens is 322 g/mol. The first-order valence-corrected chi connectivity index (χ1v) is 8.55. The molecule has 0 saturated heterocycles. The third-order valence-electron chi connectivity index (χ3n) is 3.80. The molecule has 1 amide bonds. The Morgan fingerprint density at radius 3 is 2.58 bits per heavy atom. The highest BCUT2D eigenvalue weighted by molar-refractivity contribution is 7.16. The Kier molecular flexibility index (Phi) is 4.24. The number of thiophene rings is 1. The van der Waals surface area contributed by atoms with Crippen molar-refractivity contribution in [2.24, 2.45) is 0 Å². The summed E-state index contributed by atoms with van der Waals surface area (Å²) < 4.78 is 1.33. The Morgan fingerprint density at radius 2 is 1.92 bits per heavy atom. The second-order valence-corrected chi connectivity index (χ2v) is 7.59. The van der Waals surface area contributed by atoms with Crippen LogP contribution >= 0.6 is 11.3 Å². The van der Waals surface area contributed by atoms with E-state index in [2.05, 4.69) is 31.1 Å². The van der Waals surface area contributed by atoms with Gasteiger partial charge in [-0.15, -0.1) is 11.3 Å². The molecule has 0 aliphatic carbocycles. The number of nitrogens with one attached hydrogen (secondary N) is 1. The zero-order valence-corrected chi connectivity index (χ0v) is 14.7. The summed E-state index contributed by atoms with van der Waals surface area (Å²) in [6.07, 6.45) is 1.42. The number of hydrogen-bond acceptors (Lipinski definition) is 4. The van der Waals surface area contributed by atoms with Crippen molar-refractivity contribution in [1.82, 2.24) is 9.55 Å². The monoisotopic (exact) mass is 341 g/mol. The molecule has 0 aliphatic heterocycles. The van der Waals surface area contributed by atoms with Gasteiger partial charge in [0.2, 0.25) is 5.91 Å². The van der Waals surface area contributed by atoms with E-state index in [0.717, 1.165) is 0 Å². The van der Waals surface area contributed by atoms with E-state index in [1.165, 1.54) is 27.8 Å². The zero-order valence-electron chi connectivity index (χ0n) is 13.9. The van der Waals surface area contributed by atoms with Crippen molar-refractivity contribution in [2.75, 3.05) is 5.32 Å². The molecule has 24 heavy (non-hydrogen) atoms. The van der Waals surface area contributed by atoms with Crippen LogP contribution in [0.1, 0.15) is 26.3 Å². The van der Waals surface area contributed by atoms with Crippen LogP contribution in [0.5, 0.6) is 0 Å². The van der Waals surface area contributed by atoms with Crippen molar-refractivity contribution in [3.63, 3.8) is 0 Å². The molecule has 1 aromatic carbocycles. The predicted octanol–water partition coefficient (Wildman–Crippen LogP) is 3.39. The van der Waals surface area contributed by atoms with Crippen molar-refractivity contribution in [2.45, 2.75) is 32.7 Å². The molecule has 0 fully saturated rings. The van der Waals surface area contributed by atoms with E-state index in [1.54, 1.807) is 6.07 Å². The van der Waals surface area contributed by atoms with Gasteiger partial charge >= 0.3 is 0 Å². The van der Waals surface area contributed by atoms with Gasteiger partial charge in [-0.1, -0.05) is 32.9 Å². The lowest BCUT2D eigenvalue weighted by Gasteiger charge is -2.19. The number of fused-ring (bicyclic) bond motifs is 1. The molecule has 2 aromatic heterocycles. The standard InChI is InChI=1S/C18H19N3O2S/c1-18(2,3)12-4-6-13(7-5-12)20-15(22)10-21-11-19-16-14(17(21)23)8-9-24-16/h4-9,11H,10H2,1-3H3,(H,20,22). The highest BCUT2D eigenvalue weighted by atomic mass is 32.1. The van der Waals surface area contributed by atoms with Crippen LogP contribution in [0.25, 0.3) is 10.2 Å². The largest absolute Gasteiger partial charge is 0.325 e. The van der Waals surface area contributed by atoms with Crippen molar-refractivity contribution in [1.29, 1.82) is 0 Å². The van der Waals surface area contributed by atoms with Gasteiger partial charge in [0.05, 0.1) is 11.7 Å². The molecule has 1 N–H and O–H groups in total. The smallest absolute Gasteiger partial charge is 0.262 e. The number of aromatic nitrogens is 2. The molecule has 0 saturated carbocycles. The summed E-state index contributed by atoms with van der Waals surface area (Å²) in [5.41, 5.74) is 1.78. The Balaban J connectivity index is 1.73. The number of benzene rings is 1. The maximum atomic E-state index is 12.3. The second kappa shape index (κ2) is 6.20. The lowest BCUT2D eigenvalue weighted by molar-refractivity contribution is -0.116. The van der Waals surface area contributed by atoms with Crippen molar-refractivity contribution >= 4 is 33.1 Å². The molecule has 0 unspecified atom stereocenters. The summed E-state index contributed by atoms with van der Waals surface area (Å²) in [6.45, 7) is 6.36. The SMILES string of the molecule is CC(C)(C)c1ccc(NC(=O)Cn2cnc3sccc3c2=O)cc1. The van der Waals surface area contributed by atoms with Gasteiger partial charge in [0.1, 0.15) is 11.4 Å². The number of carbonyl (C=O) groups is 1. The first-order valence-electron chi connectivity index (χ1n) is 7.67. The van der Waals surface area contributed by atoms with Gasteiger partial charge in [-0.3, -0.25) is 14.2 Å². The van der Waals surface area contributed by atoms with E-state index in [1.807, 2.05) is 29.6 Å². The van der Waals surface area contributed by atoms with E-state index < -0.39 is 0 Å². The van der Waals surface area contributed by atoms with Gasteiger partial charge in [-0.05, 0) is 34.6 Å². The maximum absolute atomic E-state index is 12.3. The van der Waals surface area contributed by atoms with Crippen LogP contribution in [0.2, 0.25) is 0 Å². The molecular formula is C18H19N3O2S. The van der Waals surface area contributed by atoms with Gasteiger partial charge in [0, 0.05) is 5.69 Å². The quantitative estimate of drug-likeness (QED) is 0.794. The van der Waals surface area contributed by atoms with E-state index >= 15 is 0 Å². The zero-order chi connectivity index (χ0) is 17.3. The molecule has 5 nitrogen and oxygen atoms in total. The van der Waals surface area contributed by atoms with Crippen LogP contribution in [-0.4, -0.2) is 15.5 Å². The summed E-state index contributed by atoms with van der Waals surface area (Å²) in [4.78, 5) is 29.4. The minimum absolute atomic E-state index is 0.0569. The summed E-state index contributed by atoms with van der Waals surface area (Å²) in [5.74, 6) is -0.253. The van der Waals surface area contributed by atoms with Crippen LogP contribution in [0, 0.1) is 0 Å². The highest BCUT2D eigenvalue weighted by Crippen LogP contribution is 2.23. The average Bonchev–Trinajstić information content (AvgIpc) is 2.99. The highest BCUT2D eigenvalue weighted by Gasteiger charge is 2.13. The Bertz CT molecular complexity index is 933. The van der Waals surface area contributed by atoms with E-state index in [-0.39, 0.29) is 23.4 Å². The number of carbonyl (C=O) groups excluding carboxylic acids is 1. The number of hydrogen-bond donors (Lipinski definition) is 1. The van der Waals surface area contributed by atoms with Gasteiger partial charge in [-0.25, -0.2) is 4.98 Å². The van der Waals surface area contributed by atoms with Crippen molar-refractivity contribution < 1.29 is 4.79 Å². The average molecular weight is 341 g/mol. The molecule has 0 atom stereocenters. The summed E-state index contributed by atoms with van der Waals surface area (Å²) in [6, 6.07) is 9.49. The minimum Gasteiger partial charge on any atom is -0.325 e. The first-order chi connectivity index (χ1) is 11.3. The second-order valence-electron chi connectivity index (χ2n) is 6.69. The molecule has 3 aromatic rings. The first kappa shape index (κ1) is 16.4. The molecule has 3 rings (SSSR count). The van der Waals surface area contributed by atoms with Crippen LogP contribution in [0.3, 0.4) is 0 Å². The molecule has 0 bridgehead atoms. The predicted molar refractivity (Wildman–Crippen MR) is 97.7 cm³/mol. The van der Waals surface area contributed by atoms with Crippen LogP contribution < -0.4 is 10.9 Å². The van der Waals surface area contributed by atoms with Crippen LogP contribution in [-0.2, 0) is 16.8 Å². The molecule has 0 spiro atoms. The lowest BCUT2D eigenvalue weighted by Crippen LogP contribution is -2.27. The molecule has 6 heteroatoms. The summed E-state index contributed by atoms with van der Waals surface area (Å²) in [7, 11) is 0. The molecule has 2 heterocycles. The molecule has 0 aliphatic rings. The number of anilines is 1. The normalized spacial score (nSPS) is 11.6. The fourth-order valence-corrected chi connectivity index (χ4v) is 3.14. The Hall–Kier alpha value is -2.47. The Labute approximate surface area is 144 Å².